The molecule has 0 fully saturated rings. The monoisotopic (exact) mass is 363 g/mol. The summed E-state index contributed by atoms with van der Waals surface area (Å²) in [6.45, 7) is 1.89. The number of fused-ring (bicyclic) bond motifs is 1. The third-order valence-electron chi connectivity index (χ3n) is 4.24. The number of anilines is 1. The molecule has 27 heavy (non-hydrogen) atoms. The van der Waals surface area contributed by atoms with E-state index in [0.717, 1.165) is 10.8 Å². The highest BCUT2D eigenvalue weighted by Gasteiger charge is 2.19. The maximum Gasteiger partial charge on any atom is 0.337 e. The zero-order chi connectivity index (χ0) is 19.2. The largest absolute Gasteiger partial charge is 0.481 e. The number of methoxy groups -OCH3 is 1. The van der Waals surface area contributed by atoms with E-state index in [1.54, 1.807) is 24.3 Å². The summed E-state index contributed by atoms with van der Waals surface area (Å²) in [5, 5.41) is 5.00. The van der Waals surface area contributed by atoms with E-state index in [9.17, 15) is 9.59 Å². The Kier molecular flexibility index (Phi) is 5.71. The number of esters is 1. The molecule has 0 aliphatic rings. The van der Waals surface area contributed by atoms with Crippen LogP contribution in [0.5, 0.6) is 5.75 Å². The number of carbonyl (C=O) groups excluding carboxylic acids is 2. The summed E-state index contributed by atoms with van der Waals surface area (Å²) in [6.07, 6.45) is -0.0923. The van der Waals surface area contributed by atoms with Crippen LogP contribution in [0, 0.1) is 0 Å². The van der Waals surface area contributed by atoms with Crippen LogP contribution in [-0.2, 0) is 9.53 Å². The summed E-state index contributed by atoms with van der Waals surface area (Å²) in [5.41, 5.74) is 1.02. The van der Waals surface area contributed by atoms with Crippen molar-refractivity contribution in [2.45, 2.75) is 19.4 Å². The molecule has 0 unspecified atom stereocenters. The Labute approximate surface area is 157 Å². The molecule has 3 aromatic rings. The molecule has 3 aromatic carbocycles. The van der Waals surface area contributed by atoms with Crippen LogP contribution in [-0.4, -0.2) is 25.1 Å². The molecule has 0 aromatic heterocycles. The van der Waals surface area contributed by atoms with Gasteiger partial charge in [0.1, 0.15) is 5.75 Å². The first-order valence-corrected chi connectivity index (χ1v) is 8.75. The maximum absolute atomic E-state index is 12.6. The number of amides is 1. The average molecular weight is 363 g/mol. The van der Waals surface area contributed by atoms with Crippen molar-refractivity contribution in [2.24, 2.45) is 0 Å². The third kappa shape index (κ3) is 4.44. The van der Waals surface area contributed by atoms with Crippen molar-refractivity contribution >= 4 is 28.3 Å². The molecule has 5 heteroatoms. The molecule has 5 nitrogen and oxygen atoms in total. The van der Waals surface area contributed by atoms with Gasteiger partial charge in [-0.3, -0.25) is 4.79 Å². The van der Waals surface area contributed by atoms with Crippen molar-refractivity contribution in [3.8, 4) is 5.75 Å². The Hall–Kier alpha value is -3.34. The lowest BCUT2D eigenvalue weighted by Crippen LogP contribution is -2.32. The molecule has 138 valence electrons. The van der Waals surface area contributed by atoms with E-state index >= 15 is 0 Å². The maximum atomic E-state index is 12.6. The standard InChI is InChI=1S/C22H21NO4/c1-3-20(27-19-13-10-15-6-4-5-7-17(15)14-19)21(24)23-18-11-8-16(9-12-18)22(25)26-2/h4-14,20H,3H2,1-2H3,(H,23,24)/t20-/m0/s1. The van der Waals surface area contributed by atoms with E-state index in [4.69, 9.17) is 4.74 Å². The van der Waals surface area contributed by atoms with E-state index in [-0.39, 0.29) is 5.91 Å². The summed E-state index contributed by atoms with van der Waals surface area (Å²) >= 11 is 0. The van der Waals surface area contributed by atoms with Gasteiger partial charge in [0.15, 0.2) is 6.10 Å². The summed E-state index contributed by atoms with van der Waals surface area (Å²) < 4.78 is 10.6. The second-order valence-electron chi connectivity index (χ2n) is 6.08. The molecular formula is C22H21NO4. The molecule has 0 spiro atoms. The highest BCUT2D eigenvalue weighted by Crippen LogP contribution is 2.22. The quantitative estimate of drug-likeness (QED) is 0.658. The number of hydrogen-bond acceptors (Lipinski definition) is 4. The van der Waals surface area contributed by atoms with Crippen LogP contribution in [0.25, 0.3) is 10.8 Å². The van der Waals surface area contributed by atoms with Crippen LogP contribution in [0.4, 0.5) is 5.69 Å². The smallest absolute Gasteiger partial charge is 0.337 e. The molecule has 1 amide bonds. The Balaban J connectivity index is 1.68. The lowest BCUT2D eigenvalue weighted by molar-refractivity contribution is -0.122. The van der Waals surface area contributed by atoms with Crippen LogP contribution in [0.15, 0.2) is 66.7 Å². The minimum atomic E-state index is -0.619. The van der Waals surface area contributed by atoms with Crippen LogP contribution >= 0.6 is 0 Å². The van der Waals surface area contributed by atoms with Crippen molar-refractivity contribution in [1.29, 1.82) is 0 Å². The Bertz CT molecular complexity index is 950. The van der Waals surface area contributed by atoms with Crippen molar-refractivity contribution in [3.05, 3.63) is 72.3 Å². The van der Waals surface area contributed by atoms with Gasteiger partial charge in [0.25, 0.3) is 5.91 Å². The van der Waals surface area contributed by atoms with Gasteiger partial charge in [-0.05, 0) is 53.6 Å². The molecule has 0 bridgehead atoms. The highest BCUT2D eigenvalue weighted by atomic mass is 16.5. The van der Waals surface area contributed by atoms with E-state index < -0.39 is 12.1 Å². The summed E-state index contributed by atoms with van der Waals surface area (Å²) in [4.78, 5) is 24.0. The van der Waals surface area contributed by atoms with Crippen molar-refractivity contribution in [3.63, 3.8) is 0 Å². The van der Waals surface area contributed by atoms with Gasteiger partial charge in [-0.15, -0.1) is 0 Å². The molecule has 0 aliphatic carbocycles. The molecule has 0 saturated carbocycles. The third-order valence-corrected chi connectivity index (χ3v) is 4.24. The van der Waals surface area contributed by atoms with Gasteiger partial charge >= 0.3 is 5.97 Å². The number of benzene rings is 3. The summed E-state index contributed by atoms with van der Waals surface area (Å²) in [7, 11) is 1.33. The van der Waals surface area contributed by atoms with Gasteiger partial charge in [-0.25, -0.2) is 4.79 Å². The Morgan fingerprint density at radius 3 is 2.33 bits per heavy atom. The van der Waals surface area contributed by atoms with Crippen LogP contribution in [0.1, 0.15) is 23.7 Å². The summed E-state index contributed by atoms with van der Waals surface area (Å²) in [5.74, 6) is -0.00726. The number of hydrogen-bond donors (Lipinski definition) is 1. The first-order valence-electron chi connectivity index (χ1n) is 8.75. The summed E-state index contributed by atoms with van der Waals surface area (Å²) in [6, 6.07) is 20.3. The first kappa shape index (κ1) is 18.5. The minimum absolute atomic E-state index is 0.239. The number of ether oxygens (including phenoxy) is 2. The fourth-order valence-electron chi connectivity index (χ4n) is 2.76. The fourth-order valence-corrected chi connectivity index (χ4v) is 2.76. The lowest BCUT2D eigenvalue weighted by atomic mass is 10.1. The Morgan fingerprint density at radius 1 is 0.963 bits per heavy atom. The van der Waals surface area contributed by atoms with Crippen molar-refractivity contribution < 1.29 is 19.1 Å². The Morgan fingerprint density at radius 2 is 1.67 bits per heavy atom. The second-order valence-corrected chi connectivity index (χ2v) is 6.08. The van der Waals surface area contributed by atoms with Gasteiger partial charge in [-0.1, -0.05) is 37.3 Å². The first-order chi connectivity index (χ1) is 13.1. The SMILES string of the molecule is CC[C@H](Oc1ccc2ccccc2c1)C(=O)Nc1ccc(C(=O)OC)cc1. The van der Waals surface area contributed by atoms with Crippen molar-refractivity contribution in [2.75, 3.05) is 12.4 Å². The molecule has 1 atom stereocenters. The fraction of sp³-hybridized carbons (Fsp3) is 0.182. The molecule has 0 heterocycles. The molecule has 3 rings (SSSR count). The number of rotatable bonds is 6. The molecule has 0 radical (unpaired) electrons. The van der Waals surface area contributed by atoms with E-state index in [0.29, 0.717) is 23.4 Å². The predicted octanol–water partition coefficient (Wildman–Crippen LogP) is 4.42. The van der Waals surface area contributed by atoms with Gasteiger partial charge < -0.3 is 14.8 Å². The van der Waals surface area contributed by atoms with Crippen LogP contribution in [0.2, 0.25) is 0 Å². The zero-order valence-electron chi connectivity index (χ0n) is 15.3. The van der Waals surface area contributed by atoms with Gasteiger partial charge in [0, 0.05) is 5.69 Å². The van der Waals surface area contributed by atoms with Gasteiger partial charge in [-0.2, -0.15) is 0 Å². The number of carbonyl (C=O) groups is 2. The molecule has 0 aliphatic heterocycles. The minimum Gasteiger partial charge on any atom is -0.481 e. The highest BCUT2D eigenvalue weighted by molar-refractivity contribution is 5.95. The predicted molar refractivity (Wildman–Crippen MR) is 105 cm³/mol. The van der Waals surface area contributed by atoms with E-state index in [1.165, 1.54) is 7.11 Å². The average Bonchev–Trinajstić information content (AvgIpc) is 2.71. The lowest BCUT2D eigenvalue weighted by Gasteiger charge is -2.18. The van der Waals surface area contributed by atoms with Gasteiger partial charge in [0.05, 0.1) is 12.7 Å². The second kappa shape index (κ2) is 8.36. The van der Waals surface area contributed by atoms with Gasteiger partial charge in [0.2, 0.25) is 0 Å². The van der Waals surface area contributed by atoms with E-state index in [2.05, 4.69) is 10.1 Å². The zero-order valence-corrected chi connectivity index (χ0v) is 15.3. The molecule has 0 saturated heterocycles. The number of nitrogens with one attached hydrogen (secondary N) is 1. The normalized spacial score (nSPS) is 11.6. The molecule has 1 N–H and O–H groups in total. The van der Waals surface area contributed by atoms with E-state index in [1.807, 2.05) is 49.4 Å². The molecular weight excluding hydrogens is 342 g/mol. The topological polar surface area (TPSA) is 64.6 Å². The van der Waals surface area contributed by atoms with Crippen LogP contribution < -0.4 is 10.1 Å². The van der Waals surface area contributed by atoms with Crippen molar-refractivity contribution in [1.82, 2.24) is 0 Å². The van der Waals surface area contributed by atoms with Crippen LogP contribution in [0.3, 0.4) is 0 Å².